The predicted octanol–water partition coefficient (Wildman–Crippen LogP) is 5.47. The summed E-state index contributed by atoms with van der Waals surface area (Å²) < 4.78 is 4.77. The van der Waals surface area contributed by atoms with Crippen molar-refractivity contribution in [3.8, 4) is 0 Å². The molecule has 0 radical (unpaired) electrons. The molecule has 0 saturated heterocycles. The van der Waals surface area contributed by atoms with E-state index in [0.29, 0.717) is 12.0 Å². The Bertz CT molecular complexity index is 1020. The van der Waals surface area contributed by atoms with Gasteiger partial charge in [0, 0.05) is 18.3 Å². The zero-order valence-electron chi connectivity index (χ0n) is 21.0. The van der Waals surface area contributed by atoms with Gasteiger partial charge in [-0.25, -0.2) is 4.79 Å². The number of benzene rings is 2. The second kappa shape index (κ2) is 11.0. The van der Waals surface area contributed by atoms with E-state index in [0.717, 1.165) is 24.8 Å². The monoisotopic (exact) mass is 463 g/mol. The maximum absolute atomic E-state index is 13.5. The second-order valence-electron chi connectivity index (χ2n) is 10.5. The third-order valence-electron chi connectivity index (χ3n) is 7.14. The van der Waals surface area contributed by atoms with Crippen molar-refractivity contribution >= 4 is 17.7 Å². The molecule has 34 heavy (non-hydrogen) atoms. The van der Waals surface area contributed by atoms with Crippen molar-refractivity contribution in [2.24, 2.45) is 17.3 Å². The quantitative estimate of drug-likeness (QED) is 0.527. The van der Waals surface area contributed by atoms with Crippen molar-refractivity contribution in [3.05, 3.63) is 70.8 Å². The number of carbonyl (C=O) groups excluding carboxylic acids is 3. The molecule has 0 aliphatic heterocycles. The van der Waals surface area contributed by atoms with Gasteiger partial charge in [0.1, 0.15) is 5.78 Å². The number of nitrogens with one attached hydrogen (secondary N) is 1. The van der Waals surface area contributed by atoms with E-state index >= 15 is 0 Å². The molecule has 0 saturated carbocycles. The van der Waals surface area contributed by atoms with E-state index in [1.54, 1.807) is 12.1 Å². The first-order valence-corrected chi connectivity index (χ1v) is 12.2. The molecule has 0 unspecified atom stereocenters. The summed E-state index contributed by atoms with van der Waals surface area (Å²) in [6.45, 7) is 8.10. The second-order valence-corrected chi connectivity index (χ2v) is 10.5. The summed E-state index contributed by atoms with van der Waals surface area (Å²) >= 11 is 0. The normalized spacial score (nSPS) is 17.3. The number of methoxy groups -OCH3 is 1. The summed E-state index contributed by atoms with van der Waals surface area (Å²) in [7, 11) is 1.35. The van der Waals surface area contributed by atoms with Gasteiger partial charge in [0.2, 0.25) is 5.91 Å². The van der Waals surface area contributed by atoms with Crippen LogP contribution in [0.2, 0.25) is 0 Å². The summed E-state index contributed by atoms with van der Waals surface area (Å²) in [5, 5.41) is 3.25. The number of rotatable bonds is 8. The molecule has 0 heterocycles. The molecular formula is C29H37NO4. The summed E-state index contributed by atoms with van der Waals surface area (Å²) in [4.78, 5) is 38.4. The zero-order chi connectivity index (χ0) is 24.9. The molecule has 0 fully saturated rings. The van der Waals surface area contributed by atoms with Crippen LogP contribution in [0.4, 0.5) is 0 Å². The molecule has 1 aliphatic rings. The van der Waals surface area contributed by atoms with Crippen molar-refractivity contribution in [1.82, 2.24) is 5.32 Å². The fourth-order valence-corrected chi connectivity index (χ4v) is 4.53. The van der Waals surface area contributed by atoms with Crippen LogP contribution >= 0.6 is 0 Å². The van der Waals surface area contributed by atoms with Gasteiger partial charge in [0.05, 0.1) is 18.7 Å². The molecule has 2 aromatic rings. The SMILES string of the molecule is COC(=O)c1ccc(C[C@H](CC(=O)[C@@H](C)C(C)(C)C)C(=O)N[C@@H]2CCCc3ccccc32)cc1. The number of esters is 1. The lowest BCUT2D eigenvalue weighted by molar-refractivity contribution is -0.132. The van der Waals surface area contributed by atoms with Crippen molar-refractivity contribution < 1.29 is 19.1 Å². The molecule has 0 bridgehead atoms. The van der Waals surface area contributed by atoms with Crippen LogP contribution in [0.1, 0.15) is 80.0 Å². The van der Waals surface area contributed by atoms with E-state index < -0.39 is 11.9 Å². The van der Waals surface area contributed by atoms with E-state index in [9.17, 15) is 14.4 Å². The highest BCUT2D eigenvalue weighted by Gasteiger charge is 2.32. The average Bonchev–Trinajstić information content (AvgIpc) is 2.82. The van der Waals surface area contributed by atoms with Crippen LogP contribution in [-0.2, 0) is 27.2 Å². The Hall–Kier alpha value is -2.95. The highest BCUT2D eigenvalue weighted by Crippen LogP contribution is 2.31. The predicted molar refractivity (Wildman–Crippen MR) is 133 cm³/mol. The van der Waals surface area contributed by atoms with E-state index in [1.165, 1.54) is 18.2 Å². The molecule has 2 aromatic carbocycles. The lowest BCUT2D eigenvalue weighted by Gasteiger charge is -2.30. The Labute approximate surface area is 203 Å². The maximum Gasteiger partial charge on any atom is 0.337 e. The van der Waals surface area contributed by atoms with E-state index in [1.807, 2.05) is 31.2 Å². The first-order valence-electron chi connectivity index (χ1n) is 12.2. The van der Waals surface area contributed by atoms with Gasteiger partial charge in [-0.05, 0) is 59.9 Å². The van der Waals surface area contributed by atoms with Crippen molar-refractivity contribution in [1.29, 1.82) is 0 Å². The first kappa shape index (κ1) is 25.7. The summed E-state index contributed by atoms with van der Waals surface area (Å²) in [5.74, 6) is -1.02. The third kappa shape index (κ3) is 6.34. The number of hydrogen-bond acceptors (Lipinski definition) is 4. The van der Waals surface area contributed by atoms with Gasteiger partial charge in [-0.15, -0.1) is 0 Å². The number of carbonyl (C=O) groups is 3. The Kier molecular flexibility index (Phi) is 8.29. The number of fused-ring (bicyclic) bond motifs is 1. The fraction of sp³-hybridized carbons (Fsp3) is 0.483. The number of amides is 1. The largest absolute Gasteiger partial charge is 0.465 e. The first-order chi connectivity index (χ1) is 16.1. The van der Waals surface area contributed by atoms with Gasteiger partial charge in [0.15, 0.2) is 0 Å². The van der Waals surface area contributed by atoms with Crippen LogP contribution in [0.15, 0.2) is 48.5 Å². The van der Waals surface area contributed by atoms with Gasteiger partial charge < -0.3 is 10.1 Å². The van der Waals surface area contributed by atoms with Crippen LogP contribution < -0.4 is 5.32 Å². The van der Waals surface area contributed by atoms with E-state index in [4.69, 9.17) is 4.74 Å². The Morgan fingerprint density at radius 3 is 2.38 bits per heavy atom. The van der Waals surface area contributed by atoms with Gasteiger partial charge in [-0.2, -0.15) is 0 Å². The lowest BCUT2D eigenvalue weighted by Crippen LogP contribution is -2.38. The Balaban J connectivity index is 1.80. The van der Waals surface area contributed by atoms with E-state index in [-0.39, 0.29) is 35.5 Å². The summed E-state index contributed by atoms with van der Waals surface area (Å²) in [6.07, 6.45) is 3.58. The number of ketones is 1. The minimum absolute atomic E-state index is 0.0307. The molecular weight excluding hydrogens is 426 g/mol. The molecule has 1 amide bonds. The molecule has 1 N–H and O–H groups in total. The summed E-state index contributed by atoms with van der Waals surface area (Å²) in [6, 6.07) is 15.3. The van der Waals surface area contributed by atoms with Crippen molar-refractivity contribution in [2.75, 3.05) is 7.11 Å². The lowest BCUT2D eigenvalue weighted by atomic mass is 9.76. The van der Waals surface area contributed by atoms with Crippen LogP contribution in [0.5, 0.6) is 0 Å². The Morgan fingerprint density at radius 1 is 1.06 bits per heavy atom. The standard InChI is InChI=1S/C29H37NO4/c1-19(29(2,3)4)26(31)18-23(17-20-13-15-22(16-14-20)28(33)34-5)27(32)30-25-12-8-10-21-9-6-7-11-24(21)25/h6-7,9,11,13-16,19,23,25H,8,10,12,17-18H2,1-5H3,(H,30,32)/t19-,23-,25-/m1/s1. The highest BCUT2D eigenvalue weighted by atomic mass is 16.5. The molecule has 182 valence electrons. The molecule has 0 aromatic heterocycles. The molecule has 3 rings (SSSR count). The van der Waals surface area contributed by atoms with Gasteiger partial charge in [0.25, 0.3) is 0 Å². The number of hydrogen-bond donors (Lipinski definition) is 1. The minimum Gasteiger partial charge on any atom is -0.465 e. The van der Waals surface area contributed by atoms with Gasteiger partial charge >= 0.3 is 5.97 Å². The highest BCUT2D eigenvalue weighted by molar-refractivity contribution is 5.90. The van der Waals surface area contributed by atoms with Crippen LogP contribution in [0.3, 0.4) is 0 Å². The molecule has 5 nitrogen and oxygen atoms in total. The molecule has 3 atom stereocenters. The van der Waals surface area contributed by atoms with Crippen molar-refractivity contribution in [3.63, 3.8) is 0 Å². The molecule has 5 heteroatoms. The van der Waals surface area contributed by atoms with E-state index in [2.05, 4.69) is 38.2 Å². The smallest absolute Gasteiger partial charge is 0.337 e. The number of ether oxygens (including phenoxy) is 1. The van der Waals surface area contributed by atoms with Gasteiger partial charge in [-0.3, -0.25) is 9.59 Å². The third-order valence-corrected chi connectivity index (χ3v) is 7.14. The Morgan fingerprint density at radius 2 is 1.74 bits per heavy atom. The molecule has 1 aliphatic carbocycles. The topological polar surface area (TPSA) is 72.5 Å². The number of Topliss-reactive ketones (excluding diaryl/α,β-unsaturated/α-hetero) is 1. The summed E-state index contributed by atoms with van der Waals surface area (Å²) in [5.41, 5.74) is 3.67. The average molecular weight is 464 g/mol. The van der Waals surface area contributed by atoms with Crippen LogP contribution in [0, 0.1) is 17.3 Å². The minimum atomic E-state index is -0.477. The van der Waals surface area contributed by atoms with Gasteiger partial charge in [-0.1, -0.05) is 64.1 Å². The molecule has 0 spiro atoms. The van der Waals surface area contributed by atoms with Crippen LogP contribution in [0.25, 0.3) is 0 Å². The van der Waals surface area contributed by atoms with Crippen LogP contribution in [-0.4, -0.2) is 24.8 Å². The zero-order valence-corrected chi connectivity index (χ0v) is 21.0. The maximum atomic E-state index is 13.5. The fourth-order valence-electron chi connectivity index (χ4n) is 4.53. The number of aryl methyl sites for hydroxylation is 1. The van der Waals surface area contributed by atoms with Crippen molar-refractivity contribution in [2.45, 2.75) is 65.8 Å².